The highest BCUT2D eigenvalue weighted by molar-refractivity contribution is 5.94. The molecule has 21 heavy (non-hydrogen) atoms. The van der Waals surface area contributed by atoms with E-state index in [9.17, 15) is 9.18 Å². The number of aryl methyl sites for hydroxylation is 2. The summed E-state index contributed by atoms with van der Waals surface area (Å²) in [6.07, 6.45) is -0.789. The third kappa shape index (κ3) is 3.81. The Labute approximate surface area is 123 Å². The molecule has 0 unspecified atom stereocenters. The first-order valence-corrected chi connectivity index (χ1v) is 6.76. The van der Waals surface area contributed by atoms with Crippen molar-refractivity contribution in [3.05, 3.63) is 59.4 Å². The zero-order chi connectivity index (χ0) is 15.4. The lowest BCUT2D eigenvalue weighted by Crippen LogP contribution is -2.30. The molecule has 0 spiro atoms. The molecule has 2 rings (SSSR count). The van der Waals surface area contributed by atoms with Gasteiger partial charge in [-0.25, -0.2) is 4.39 Å². The highest BCUT2D eigenvalue weighted by atomic mass is 19.1. The fraction of sp³-hybridized carbons (Fsp3) is 0.235. The maximum atomic E-state index is 13.5. The van der Waals surface area contributed by atoms with E-state index < -0.39 is 11.9 Å². The predicted octanol–water partition coefficient (Wildman–Crippen LogP) is 3.85. The van der Waals surface area contributed by atoms with Gasteiger partial charge in [0.2, 0.25) is 0 Å². The van der Waals surface area contributed by atoms with Crippen LogP contribution in [-0.4, -0.2) is 12.0 Å². The number of nitrogens with one attached hydrogen (secondary N) is 1. The molecule has 0 saturated carbocycles. The van der Waals surface area contributed by atoms with Crippen LogP contribution in [0.25, 0.3) is 0 Å². The number of carbonyl (C=O) groups is 1. The third-order valence-corrected chi connectivity index (χ3v) is 3.15. The topological polar surface area (TPSA) is 38.3 Å². The van der Waals surface area contributed by atoms with E-state index >= 15 is 0 Å². The van der Waals surface area contributed by atoms with Crippen LogP contribution >= 0.6 is 0 Å². The Morgan fingerprint density at radius 1 is 1.19 bits per heavy atom. The van der Waals surface area contributed by atoms with Gasteiger partial charge in [-0.15, -0.1) is 0 Å². The first-order chi connectivity index (χ1) is 9.97. The normalized spacial score (nSPS) is 11.8. The van der Waals surface area contributed by atoms with Gasteiger partial charge in [0, 0.05) is 5.69 Å². The lowest BCUT2D eigenvalue weighted by Gasteiger charge is -2.16. The van der Waals surface area contributed by atoms with E-state index in [2.05, 4.69) is 5.32 Å². The smallest absolute Gasteiger partial charge is 0.265 e. The summed E-state index contributed by atoms with van der Waals surface area (Å²) in [4.78, 5) is 12.1. The minimum atomic E-state index is -0.789. The Kier molecular flexibility index (Phi) is 4.58. The molecular formula is C17H18FNO2. The van der Waals surface area contributed by atoms with Gasteiger partial charge >= 0.3 is 0 Å². The largest absolute Gasteiger partial charge is 0.478 e. The Morgan fingerprint density at radius 3 is 2.57 bits per heavy atom. The van der Waals surface area contributed by atoms with Crippen molar-refractivity contribution in [3.8, 4) is 5.75 Å². The number of hydrogen-bond acceptors (Lipinski definition) is 2. The molecule has 0 radical (unpaired) electrons. The summed E-state index contributed by atoms with van der Waals surface area (Å²) in [7, 11) is 0. The first kappa shape index (κ1) is 15.0. The van der Waals surface area contributed by atoms with E-state index in [4.69, 9.17) is 4.74 Å². The number of amides is 1. The molecule has 1 atom stereocenters. The predicted molar refractivity (Wildman–Crippen MR) is 81.0 cm³/mol. The van der Waals surface area contributed by atoms with Crippen LogP contribution in [0, 0.1) is 19.7 Å². The lowest BCUT2D eigenvalue weighted by atomic mass is 10.1. The van der Waals surface area contributed by atoms with Crippen LogP contribution in [0.15, 0.2) is 42.5 Å². The molecule has 1 N–H and O–H groups in total. The van der Waals surface area contributed by atoms with Gasteiger partial charge < -0.3 is 10.1 Å². The number of hydrogen-bond donors (Lipinski definition) is 1. The second-order valence-corrected chi connectivity index (χ2v) is 5.00. The fourth-order valence-corrected chi connectivity index (χ4v) is 1.97. The van der Waals surface area contributed by atoms with Crippen molar-refractivity contribution in [1.82, 2.24) is 0 Å². The summed E-state index contributed by atoms with van der Waals surface area (Å²) in [5.74, 6) is -0.727. The van der Waals surface area contributed by atoms with Crippen LogP contribution in [0.5, 0.6) is 5.75 Å². The Bertz CT molecular complexity index is 655. The van der Waals surface area contributed by atoms with E-state index in [1.54, 1.807) is 19.1 Å². The van der Waals surface area contributed by atoms with Crippen LogP contribution in [0.3, 0.4) is 0 Å². The van der Waals surface area contributed by atoms with Gasteiger partial charge in [0.1, 0.15) is 0 Å². The lowest BCUT2D eigenvalue weighted by molar-refractivity contribution is -0.122. The van der Waals surface area contributed by atoms with E-state index in [0.29, 0.717) is 0 Å². The van der Waals surface area contributed by atoms with Crippen molar-refractivity contribution in [2.24, 2.45) is 0 Å². The number of ether oxygens (including phenoxy) is 1. The summed E-state index contributed by atoms with van der Waals surface area (Å²) in [6, 6.07) is 11.8. The van der Waals surface area contributed by atoms with Crippen molar-refractivity contribution >= 4 is 11.6 Å². The molecule has 0 bridgehead atoms. The molecule has 0 aliphatic heterocycles. The number of para-hydroxylation sites is 1. The number of benzene rings is 2. The molecule has 2 aromatic carbocycles. The second kappa shape index (κ2) is 6.39. The Morgan fingerprint density at radius 2 is 1.90 bits per heavy atom. The molecule has 0 fully saturated rings. The van der Waals surface area contributed by atoms with Gasteiger partial charge in [-0.3, -0.25) is 4.79 Å². The number of rotatable bonds is 4. The third-order valence-electron chi connectivity index (χ3n) is 3.15. The van der Waals surface area contributed by atoms with Crippen molar-refractivity contribution in [1.29, 1.82) is 0 Å². The van der Waals surface area contributed by atoms with Crippen molar-refractivity contribution in [2.75, 3.05) is 5.32 Å². The van der Waals surface area contributed by atoms with Crippen LogP contribution in [-0.2, 0) is 4.79 Å². The summed E-state index contributed by atoms with van der Waals surface area (Å²) in [5, 5.41) is 2.79. The van der Waals surface area contributed by atoms with Crippen molar-refractivity contribution in [2.45, 2.75) is 26.9 Å². The van der Waals surface area contributed by atoms with Gasteiger partial charge in [-0.05, 0) is 44.5 Å². The number of anilines is 1. The van der Waals surface area contributed by atoms with Crippen LogP contribution in [0.4, 0.5) is 10.1 Å². The second-order valence-electron chi connectivity index (χ2n) is 5.00. The van der Waals surface area contributed by atoms with Gasteiger partial charge in [0.15, 0.2) is 17.7 Å². The molecule has 0 aromatic heterocycles. The fourth-order valence-electron chi connectivity index (χ4n) is 1.97. The van der Waals surface area contributed by atoms with Crippen LogP contribution in [0.2, 0.25) is 0 Å². The van der Waals surface area contributed by atoms with E-state index in [-0.39, 0.29) is 11.7 Å². The van der Waals surface area contributed by atoms with E-state index in [1.165, 1.54) is 12.1 Å². The zero-order valence-electron chi connectivity index (χ0n) is 12.3. The van der Waals surface area contributed by atoms with Gasteiger partial charge in [-0.1, -0.05) is 29.8 Å². The molecule has 3 nitrogen and oxygen atoms in total. The van der Waals surface area contributed by atoms with Crippen LogP contribution in [0.1, 0.15) is 18.1 Å². The van der Waals surface area contributed by atoms with Crippen LogP contribution < -0.4 is 10.1 Å². The van der Waals surface area contributed by atoms with Crippen molar-refractivity contribution < 1.29 is 13.9 Å². The average molecular weight is 287 g/mol. The molecule has 0 aliphatic rings. The average Bonchev–Trinajstić information content (AvgIpc) is 2.44. The summed E-state index contributed by atoms with van der Waals surface area (Å²) in [6.45, 7) is 5.50. The number of halogens is 1. The van der Waals surface area contributed by atoms with Gasteiger partial charge in [-0.2, -0.15) is 0 Å². The monoisotopic (exact) mass is 287 g/mol. The molecule has 0 aliphatic carbocycles. The summed E-state index contributed by atoms with van der Waals surface area (Å²) < 4.78 is 18.8. The summed E-state index contributed by atoms with van der Waals surface area (Å²) >= 11 is 0. The first-order valence-electron chi connectivity index (χ1n) is 6.76. The van der Waals surface area contributed by atoms with Crippen molar-refractivity contribution in [3.63, 3.8) is 0 Å². The van der Waals surface area contributed by atoms with Gasteiger partial charge in [0.05, 0.1) is 0 Å². The molecule has 110 valence electrons. The SMILES string of the molecule is Cc1ccc(NC(=O)[C@H](C)Oc2ccccc2F)c(C)c1. The molecular weight excluding hydrogens is 269 g/mol. The molecule has 4 heteroatoms. The number of carbonyl (C=O) groups excluding carboxylic acids is 1. The molecule has 0 heterocycles. The zero-order valence-corrected chi connectivity index (χ0v) is 12.3. The minimum Gasteiger partial charge on any atom is -0.478 e. The summed E-state index contributed by atoms with van der Waals surface area (Å²) in [5.41, 5.74) is 2.83. The maximum absolute atomic E-state index is 13.5. The van der Waals surface area contributed by atoms with E-state index in [0.717, 1.165) is 16.8 Å². The highest BCUT2D eigenvalue weighted by Crippen LogP contribution is 2.19. The molecule has 0 saturated heterocycles. The van der Waals surface area contributed by atoms with E-state index in [1.807, 2.05) is 32.0 Å². The molecule has 1 amide bonds. The Hall–Kier alpha value is -2.36. The standard InChI is InChI=1S/C17H18FNO2/c1-11-8-9-15(12(2)10-11)19-17(20)13(3)21-16-7-5-4-6-14(16)18/h4-10,13H,1-3H3,(H,19,20)/t13-/m0/s1. The highest BCUT2D eigenvalue weighted by Gasteiger charge is 2.17. The van der Waals surface area contributed by atoms with Gasteiger partial charge in [0.25, 0.3) is 5.91 Å². The Balaban J connectivity index is 2.04. The quantitative estimate of drug-likeness (QED) is 0.927. The minimum absolute atomic E-state index is 0.0702. The molecule has 2 aromatic rings. The maximum Gasteiger partial charge on any atom is 0.265 e.